The molecule has 0 saturated carbocycles. The summed E-state index contributed by atoms with van der Waals surface area (Å²) in [5.41, 5.74) is 2.71. The van der Waals surface area contributed by atoms with Crippen LogP contribution in [0.5, 0.6) is 11.5 Å². The van der Waals surface area contributed by atoms with Gasteiger partial charge in [-0.3, -0.25) is 4.79 Å². The Morgan fingerprint density at radius 2 is 1.13 bits per heavy atom. The van der Waals surface area contributed by atoms with Crippen molar-refractivity contribution in [3.05, 3.63) is 143 Å². The van der Waals surface area contributed by atoms with Crippen molar-refractivity contribution in [1.29, 1.82) is 0 Å². The van der Waals surface area contributed by atoms with Crippen molar-refractivity contribution in [2.24, 2.45) is 0 Å². The van der Waals surface area contributed by atoms with Gasteiger partial charge in [-0.05, 0) is 56.2 Å². The SMILES string of the molecule is CC1=C(c2c(O)cc(N(c3cccc4ccccc34)C(C)(C)C)cc2O)C(=O)C1=C1C(O)=CC(=[N+](c2cccc3ccccc23)C(C)(C)C)C=C1O. The van der Waals surface area contributed by atoms with Crippen molar-refractivity contribution >= 4 is 55.7 Å². The van der Waals surface area contributed by atoms with Crippen molar-refractivity contribution in [1.82, 2.24) is 0 Å². The van der Waals surface area contributed by atoms with Crippen LogP contribution in [0.15, 0.2) is 137 Å². The third-order valence-electron chi connectivity index (χ3n) is 9.74. The molecule has 0 atom stereocenters. The van der Waals surface area contributed by atoms with Crippen LogP contribution < -0.4 is 4.90 Å². The Morgan fingerprint density at radius 1 is 0.615 bits per heavy atom. The number of fused-ring (bicyclic) bond motifs is 2. The Morgan fingerprint density at radius 3 is 1.69 bits per heavy atom. The van der Waals surface area contributed by atoms with E-state index in [9.17, 15) is 25.2 Å². The number of aliphatic hydroxyl groups is 2. The maximum Gasteiger partial charge on any atom is 0.213 e. The van der Waals surface area contributed by atoms with E-state index in [-0.39, 0.29) is 45.3 Å². The lowest BCUT2D eigenvalue weighted by Gasteiger charge is -2.39. The molecule has 5 aromatic rings. The van der Waals surface area contributed by atoms with E-state index in [1.165, 1.54) is 0 Å². The minimum absolute atomic E-state index is 0.00671. The number of ketones is 1. The van der Waals surface area contributed by atoms with Gasteiger partial charge in [-0.15, -0.1) is 0 Å². The number of rotatable bonds is 4. The molecule has 0 unspecified atom stereocenters. The second-order valence-corrected chi connectivity index (χ2v) is 15.4. The minimum atomic E-state index is -0.502. The van der Waals surface area contributed by atoms with Gasteiger partial charge in [0, 0.05) is 72.4 Å². The number of benzene rings is 5. The fraction of sp³-hybridized carbons (Fsp3) is 0.200. The number of anilines is 2. The zero-order valence-electron chi connectivity index (χ0n) is 30.5. The number of aromatic hydroxyl groups is 2. The van der Waals surface area contributed by atoms with Crippen LogP contribution in [0.3, 0.4) is 0 Å². The van der Waals surface area contributed by atoms with E-state index in [2.05, 4.69) is 9.48 Å². The average molecular weight is 692 g/mol. The van der Waals surface area contributed by atoms with Crippen LogP contribution in [-0.4, -0.2) is 47.6 Å². The summed E-state index contributed by atoms with van der Waals surface area (Å²) >= 11 is 0. The first kappa shape index (κ1) is 34.4. The summed E-state index contributed by atoms with van der Waals surface area (Å²) in [6.07, 6.45) is 3.12. The molecule has 52 heavy (non-hydrogen) atoms. The van der Waals surface area contributed by atoms with E-state index < -0.39 is 16.9 Å². The predicted molar refractivity (Wildman–Crippen MR) is 210 cm³/mol. The first-order valence-electron chi connectivity index (χ1n) is 17.4. The van der Waals surface area contributed by atoms with Gasteiger partial charge in [-0.2, -0.15) is 4.58 Å². The van der Waals surface area contributed by atoms with E-state index in [0.29, 0.717) is 17.0 Å². The van der Waals surface area contributed by atoms with Gasteiger partial charge in [0.1, 0.15) is 23.0 Å². The number of carbonyl (C=O) groups is 1. The quantitative estimate of drug-likeness (QED) is 0.110. The van der Waals surface area contributed by atoms with Gasteiger partial charge in [0.05, 0.1) is 28.7 Å². The van der Waals surface area contributed by atoms with Gasteiger partial charge in [0.2, 0.25) is 11.4 Å². The maximum atomic E-state index is 13.9. The lowest BCUT2D eigenvalue weighted by Crippen LogP contribution is -2.37. The maximum absolute atomic E-state index is 13.9. The molecule has 262 valence electrons. The monoisotopic (exact) mass is 691 g/mol. The third-order valence-corrected chi connectivity index (χ3v) is 9.74. The smallest absolute Gasteiger partial charge is 0.213 e. The Labute approximate surface area is 303 Å². The number of carbonyl (C=O) groups excluding carboxylic acids is 1. The van der Waals surface area contributed by atoms with Crippen molar-refractivity contribution in [3.8, 4) is 11.5 Å². The first-order valence-corrected chi connectivity index (χ1v) is 17.4. The highest BCUT2D eigenvalue weighted by Crippen LogP contribution is 2.50. The summed E-state index contributed by atoms with van der Waals surface area (Å²) in [6, 6.07) is 31.2. The number of phenols is 2. The van der Waals surface area contributed by atoms with E-state index >= 15 is 0 Å². The van der Waals surface area contributed by atoms with Crippen LogP contribution in [0.1, 0.15) is 54.0 Å². The van der Waals surface area contributed by atoms with Crippen LogP contribution in [0.25, 0.3) is 27.1 Å². The molecular weight excluding hydrogens is 649 g/mol. The highest BCUT2D eigenvalue weighted by molar-refractivity contribution is 6.41. The van der Waals surface area contributed by atoms with Gasteiger partial charge in [0.25, 0.3) is 0 Å². The third kappa shape index (κ3) is 5.63. The van der Waals surface area contributed by atoms with Crippen molar-refractivity contribution in [2.75, 3.05) is 4.90 Å². The van der Waals surface area contributed by atoms with Gasteiger partial charge < -0.3 is 25.3 Å². The summed E-state index contributed by atoms with van der Waals surface area (Å²) in [4.78, 5) is 16.0. The summed E-state index contributed by atoms with van der Waals surface area (Å²) in [6.45, 7) is 14.0. The van der Waals surface area contributed by atoms with E-state index in [1.54, 1.807) is 31.2 Å². The molecule has 0 fully saturated rings. The molecule has 7 rings (SSSR count). The van der Waals surface area contributed by atoms with Gasteiger partial charge in [0.15, 0.2) is 11.3 Å². The summed E-state index contributed by atoms with van der Waals surface area (Å²) < 4.78 is 2.05. The Balaban J connectivity index is 1.32. The van der Waals surface area contributed by atoms with Gasteiger partial charge in [-0.1, -0.05) is 66.7 Å². The van der Waals surface area contributed by atoms with Crippen LogP contribution in [-0.2, 0) is 4.79 Å². The fourth-order valence-corrected chi connectivity index (χ4v) is 7.68. The molecule has 0 aromatic heterocycles. The molecular formula is C45H43N2O5+. The highest BCUT2D eigenvalue weighted by Gasteiger charge is 2.41. The standard InChI is InChI=1S/C45H42N2O5/c1-26-39(41-35(48)22-29(23-36(41)49)46(44(2,3)4)33-20-12-16-27-14-8-10-18-31(27)33)43(52)40(26)42-37(50)24-30(25-38(42)51)47(45(5,6)7)34-21-13-17-28-15-9-11-19-32(28)34/h8-25H,1-7H3,(H3,48,49,50,51)/p+1. The van der Waals surface area contributed by atoms with Gasteiger partial charge >= 0.3 is 0 Å². The predicted octanol–water partition coefficient (Wildman–Crippen LogP) is 10.5. The lowest BCUT2D eigenvalue weighted by molar-refractivity contribution is -0.517. The highest BCUT2D eigenvalue weighted by atomic mass is 16.3. The number of hydrogen-bond acceptors (Lipinski definition) is 6. The fourth-order valence-electron chi connectivity index (χ4n) is 7.68. The Kier molecular flexibility index (Phi) is 8.13. The zero-order chi connectivity index (χ0) is 37.3. The van der Waals surface area contributed by atoms with Crippen LogP contribution in [0.4, 0.5) is 17.1 Å². The molecule has 0 saturated heterocycles. The van der Waals surface area contributed by atoms with Gasteiger partial charge in [-0.25, -0.2) is 0 Å². The van der Waals surface area contributed by atoms with E-state index in [0.717, 1.165) is 32.9 Å². The van der Waals surface area contributed by atoms with E-state index in [1.807, 2.05) is 126 Å². The molecule has 4 N–H and O–H groups in total. The normalized spacial score (nSPS) is 15.2. The van der Waals surface area contributed by atoms with Crippen molar-refractivity contribution in [3.63, 3.8) is 0 Å². The number of Topliss-reactive ketones (excluding diaryl/α,β-unsaturated/α-hetero) is 1. The van der Waals surface area contributed by atoms with Crippen molar-refractivity contribution in [2.45, 2.75) is 59.5 Å². The van der Waals surface area contributed by atoms with Crippen molar-refractivity contribution < 1.29 is 29.8 Å². The molecule has 2 aliphatic carbocycles. The Hall–Kier alpha value is -6.08. The van der Waals surface area contributed by atoms with E-state index in [4.69, 9.17) is 0 Å². The molecule has 7 nitrogen and oxygen atoms in total. The average Bonchev–Trinajstić information content (AvgIpc) is 3.07. The number of aliphatic hydroxyl groups excluding tert-OH is 2. The molecule has 0 amide bonds. The molecule has 0 heterocycles. The summed E-state index contributed by atoms with van der Waals surface area (Å²) in [5.74, 6) is -1.54. The molecule has 0 aliphatic heterocycles. The minimum Gasteiger partial charge on any atom is -0.507 e. The largest absolute Gasteiger partial charge is 0.507 e. The number of nitrogens with zero attached hydrogens (tertiary/aromatic N) is 2. The molecule has 0 radical (unpaired) electrons. The number of hydrogen-bond donors (Lipinski definition) is 4. The molecule has 7 heteroatoms. The molecule has 5 aromatic carbocycles. The Bertz CT molecular complexity index is 2440. The first-order chi connectivity index (χ1) is 24.6. The second-order valence-electron chi connectivity index (χ2n) is 15.4. The zero-order valence-corrected chi connectivity index (χ0v) is 30.5. The summed E-state index contributed by atoms with van der Waals surface area (Å²) in [5, 5.41) is 50.0. The summed E-state index contributed by atoms with van der Waals surface area (Å²) in [7, 11) is 0. The van der Waals surface area contributed by atoms with Crippen LogP contribution in [0, 0.1) is 0 Å². The molecule has 2 aliphatic rings. The number of phenolic OH excluding ortho intramolecular Hbond substituents is 2. The molecule has 0 bridgehead atoms. The lowest BCUT2D eigenvalue weighted by atomic mass is 9.74. The van der Waals surface area contributed by atoms with Crippen LogP contribution >= 0.6 is 0 Å². The second kappa shape index (κ2) is 12.3. The number of allylic oxidation sites excluding steroid dienone is 5. The molecule has 0 spiro atoms. The topological polar surface area (TPSA) is 104 Å². The van der Waals surface area contributed by atoms with Crippen LogP contribution in [0.2, 0.25) is 0 Å².